The van der Waals surface area contributed by atoms with Crippen LogP contribution < -0.4 is 5.32 Å². The Labute approximate surface area is 108 Å². The minimum atomic E-state index is 0.262. The van der Waals surface area contributed by atoms with Gasteiger partial charge in [-0.2, -0.15) is 0 Å². The molecule has 2 aromatic rings. The van der Waals surface area contributed by atoms with Crippen LogP contribution in [0.15, 0.2) is 39.4 Å². The molecule has 2 heterocycles. The average Bonchev–Trinajstić information content (AvgIpc) is 2.74. The van der Waals surface area contributed by atoms with Gasteiger partial charge in [0.25, 0.3) is 0 Å². The number of anilines is 1. The van der Waals surface area contributed by atoms with Crippen LogP contribution >= 0.6 is 15.9 Å². The van der Waals surface area contributed by atoms with Crippen molar-refractivity contribution in [2.75, 3.05) is 11.9 Å². The van der Waals surface area contributed by atoms with Gasteiger partial charge in [-0.1, -0.05) is 6.07 Å². The van der Waals surface area contributed by atoms with Gasteiger partial charge in [0.2, 0.25) is 0 Å². The molecule has 2 N–H and O–H groups in total. The van der Waals surface area contributed by atoms with Crippen LogP contribution in [0.5, 0.6) is 5.75 Å². The summed E-state index contributed by atoms with van der Waals surface area (Å²) in [5, 5.41) is 12.8. The van der Waals surface area contributed by atoms with Crippen LogP contribution in [0.4, 0.5) is 5.69 Å². The van der Waals surface area contributed by atoms with Crippen molar-refractivity contribution in [2.45, 2.75) is 12.3 Å². The van der Waals surface area contributed by atoms with E-state index in [2.05, 4.69) is 21.2 Å². The van der Waals surface area contributed by atoms with Crippen LogP contribution in [-0.4, -0.2) is 11.7 Å². The van der Waals surface area contributed by atoms with E-state index >= 15 is 0 Å². The van der Waals surface area contributed by atoms with E-state index in [0.717, 1.165) is 29.1 Å². The molecule has 0 bridgehead atoms. The zero-order valence-electron chi connectivity index (χ0n) is 9.11. The molecule has 0 saturated carbocycles. The van der Waals surface area contributed by atoms with Gasteiger partial charge in [-0.15, -0.1) is 0 Å². The van der Waals surface area contributed by atoms with Gasteiger partial charge in [0.1, 0.15) is 11.5 Å². The molecule has 0 radical (unpaired) electrons. The van der Waals surface area contributed by atoms with Crippen molar-refractivity contribution in [3.63, 3.8) is 0 Å². The Balaban J connectivity index is 2.05. The predicted molar refractivity (Wildman–Crippen MR) is 69.5 cm³/mol. The lowest BCUT2D eigenvalue weighted by Gasteiger charge is -2.25. The predicted octanol–water partition coefficient (Wildman–Crippen LogP) is 3.70. The van der Waals surface area contributed by atoms with Crippen molar-refractivity contribution in [3.8, 4) is 5.75 Å². The van der Waals surface area contributed by atoms with Crippen LogP contribution in [0.3, 0.4) is 0 Å². The maximum absolute atomic E-state index is 9.48. The standard InChI is InChI=1S/C13H12BrNO2/c14-13-4-3-12(17-13)10-5-6-15-11-7-8(16)1-2-9(10)11/h1-4,7,10,15-16H,5-6H2. The second-order valence-corrected chi connectivity index (χ2v) is 4.96. The van der Waals surface area contributed by atoms with Crippen molar-refractivity contribution in [3.05, 3.63) is 46.3 Å². The first-order chi connectivity index (χ1) is 8.24. The second kappa shape index (κ2) is 4.11. The smallest absolute Gasteiger partial charge is 0.169 e. The Morgan fingerprint density at radius 1 is 1.29 bits per heavy atom. The van der Waals surface area contributed by atoms with Crippen LogP contribution in [0, 0.1) is 0 Å². The minimum Gasteiger partial charge on any atom is -0.508 e. The Bertz CT molecular complexity index is 550. The fourth-order valence-corrected chi connectivity index (χ4v) is 2.64. The van der Waals surface area contributed by atoms with Gasteiger partial charge in [-0.25, -0.2) is 0 Å². The number of phenolic OH excluding ortho intramolecular Hbond substituents is 1. The molecule has 0 fully saturated rings. The SMILES string of the molecule is Oc1ccc2c(c1)NCCC2c1ccc(Br)o1. The van der Waals surface area contributed by atoms with Gasteiger partial charge in [0.05, 0.1) is 0 Å². The number of rotatable bonds is 1. The van der Waals surface area contributed by atoms with Crippen LogP contribution in [0.25, 0.3) is 0 Å². The summed E-state index contributed by atoms with van der Waals surface area (Å²) in [6.07, 6.45) is 0.998. The first-order valence-electron chi connectivity index (χ1n) is 5.56. The zero-order valence-corrected chi connectivity index (χ0v) is 10.7. The Morgan fingerprint density at radius 3 is 2.94 bits per heavy atom. The summed E-state index contributed by atoms with van der Waals surface area (Å²) in [5.41, 5.74) is 2.17. The molecule has 3 nitrogen and oxygen atoms in total. The highest BCUT2D eigenvalue weighted by Crippen LogP contribution is 2.39. The molecule has 0 aliphatic carbocycles. The molecule has 1 aliphatic heterocycles. The maximum Gasteiger partial charge on any atom is 0.169 e. The van der Waals surface area contributed by atoms with Gasteiger partial charge < -0.3 is 14.8 Å². The van der Waals surface area contributed by atoms with Crippen molar-refractivity contribution in [1.29, 1.82) is 0 Å². The summed E-state index contributed by atoms with van der Waals surface area (Å²) < 4.78 is 6.39. The van der Waals surface area contributed by atoms with Gasteiger partial charge >= 0.3 is 0 Å². The topological polar surface area (TPSA) is 45.4 Å². The molecular weight excluding hydrogens is 282 g/mol. The summed E-state index contributed by atoms with van der Waals surface area (Å²) in [4.78, 5) is 0. The number of nitrogens with one attached hydrogen (secondary N) is 1. The van der Waals surface area contributed by atoms with Crippen molar-refractivity contribution >= 4 is 21.6 Å². The van der Waals surface area contributed by atoms with E-state index in [0.29, 0.717) is 0 Å². The van der Waals surface area contributed by atoms with Gasteiger partial charge in [0.15, 0.2) is 4.67 Å². The van der Waals surface area contributed by atoms with Gasteiger partial charge in [-0.05, 0) is 46.1 Å². The number of hydrogen-bond donors (Lipinski definition) is 2. The van der Waals surface area contributed by atoms with E-state index in [1.807, 2.05) is 18.2 Å². The van der Waals surface area contributed by atoms with Crippen molar-refractivity contribution in [2.24, 2.45) is 0 Å². The summed E-state index contributed by atoms with van der Waals surface area (Å²) >= 11 is 3.33. The monoisotopic (exact) mass is 293 g/mol. The van der Waals surface area contributed by atoms with E-state index in [9.17, 15) is 5.11 Å². The van der Waals surface area contributed by atoms with Gasteiger partial charge in [-0.3, -0.25) is 0 Å². The van der Waals surface area contributed by atoms with Crippen LogP contribution in [-0.2, 0) is 0 Å². The number of fused-ring (bicyclic) bond motifs is 1. The first-order valence-corrected chi connectivity index (χ1v) is 6.35. The molecule has 1 aliphatic rings. The third-order valence-corrected chi connectivity index (χ3v) is 3.52. The summed E-state index contributed by atoms with van der Waals surface area (Å²) in [7, 11) is 0. The molecule has 88 valence electrons. The van der Waals surface area contributed by atoms with E-state index < -0.39 is 0 Å². The third-order valence-electron chi connectivity index (χ3n) is 3.10. The quantitative estimate of drug-likeness (QED) is 0.843. The molecular formula is C13H12BrNO2. The Hall–Kier alpha value is -1.42. The highest BCUT2D eigenvalue weighted by Gasteiger charge is 2.24. The molecule has 4 heteroatoms. The minimum absolute atomic E-state index is 0.262. The first kappa shape index (κ1) is 10.7. The highest BCUT2D eigenvalue weighted by atomic mass is 79.9. The highest BCUT2D eigenvalue weighted by molar-refractivity contribution is 9.10. The molecule has 1 unspecified atom stereocenters. The number of benzene rings is 1. The molecule has 1 atom stereocenters. The lowest BCUT2D eigenvalue weighted by Crippen LogP contribution is -2.17. The molecule has 1 aromatic heterocycles. The largest absolute Gasteiger partial charge is 0.508 e. The molecule has 1 aromatic carbocycles. The second-order valence-electron chi connectivity index (χ2n) is 4.18. The fraction of sp³-hybridized carbons (Fsp3) is 0.231. The third kappa shape index (κ3) is 1.93. The Morgan fingerprint density at radius 2 is 2.18 bits per heavy atom. The van der Waals surface area contributed by atoms with E-state index in [-0.39, 0.29) is 11.7 Å². The number of hydrogen-bond acceptors (Lipinski definition) is 3. The van der Waals surface area contributed by atoms with Crippen LogP contribution in [0.2, 0.25) is 0 Å². The molecule has 0 amide bonds. The van der Waals surface area contributed by atoms with E-state index in [1.165, 1.54) is 5.56 Å². The summed E-state index contributed by atoms with van der Waals surface area (Å²) in [5.74, 6) is 1.51. The molecule has 0 spiro atoms. The number of aromatic hydroxyl groups is 1. The normalized spacial score (nSPS) is 18.5. The molecule has 3 rings (SSSR count). The number of halogens is 1. The van der Waals surface area contributed by atoms with E-state index in [1.54, 1.807) is 12.1 Å². The molecule has 17 heavy (non-hydrogen) atoms. The van der Waals surface area contributed by atoms with Crippen molar-refractivity contribution in [1.82, 2.24) is 0 Å². The van der Waals surface area contributed by atoms with Crippen molar-refractivity contribution < 1.29 is 9.52 Å². The average molecular weight is 294 g/mol. The Kier molecular flexibility index (Phi) is 2.59. The maximum atomic E-state index is 9.48. The summed E-state index contributed by atoms with van der Waals surface area (Å²) in [6.45, 7) is 0.888. The fourth-order valence-electron chi connectivity index (χ4n) is 2.32. The molecule has 0 saturated heterocycles. The van der Waals surface area contributed by atoms with E-state index in [4.69, 9.17) is 4.42 Å². The number of furan rings is 1. The number of phenols is 1. The van der Waals surface area contributed by atoms with Crippen LogP contribution in [0.1, 0.15) is 23.7 Å². The van der Waals surface area contributed by atoms with Gasteiger partial charge in [0, 0.05) is 24.2 Å². The lowest BCUT2D eigenvalue weighted by molar-refractivity contribution is 0.454. The summed E-state index contributed by atoms with van der Waals surface area (Å²) in [6, 6.07) is 9.35. The zero-order chi connectivity index (χ0) is 11.8. The lowest BCUT2D eigenvalue weighted by atomic mass is 9.89.